The van der Waals surface area contributed by atoms with E-state index in [1.165, 1.54) is 0 Å². The predicted molar refractivity (Wildman–Crippen MR) is 95.6 cm³/mol. The van der Waals surface area contributed by atoms with Crippen molar-refractivity contribution >= 4 is 29.0 Å². The molecule has 0 bridgehead atoms. The molecule has 0 radical (unpaired) electrons. The van der Waals surface area contributed by atoms with Gasteiger partial charge in [0.25, 0.3) is 0 Å². The molecule has 2 rings (SSSR count). The molecular formula is C16H22N6O2. The Labute approximate surface area is 140 Å². The third-order valence-electron chi connectivity index (χ3n) is 3.53. The second-order valence-corrected chi connectivity index (χ2v) is 6.09. The molecule has 0 unspecified atom stereocenters. The number of hydrogen-bond acceptors (Lipinski definition) is 7. The normalized spacial score (nSPS) is 10.7. The molecule has 0 atom stereocenters. The predicted octanol–water partition coefficient (Wildman–Crippen LogP) is 3.40. The van der Waals surface area contributed by atoms with Gasteiger partial charge in [-0.25, -0.2) is 0 Å². The van der Waals surface area contributed by atoms with Crippen LogP contribution in [0.4, 0.5) is 29.0 Å². The van der Waals surface area contributed by atoms with Gasteiger partial charge in [-0.15, -0.1) is 0 Å². The molecule has 0 aliphatic rings. The number of nitrogens with one attached hydrogen (secondary N) is 2. The number of benzene rings is 1. The number of rotatable bonds is 6. The van der Waals surface area contributed by atoms with E-state index < -0.39 is 4.92 Å². The average molecular weight is 330 g/mol. The van der Waals surface area contributed by atoms with E-state index in [2.05, 4.69) is 20.6 Å². The lowest BCUT2D eigenvalue weighted by molar-refractivity contribution is -0.383. The Morgan fingerprint density at radius 2 is 1.96 bits per heavy atom. The van der Waals surface area contributed by atoms with Crippen LogP contribution in [0.3, 0.4) is 0 Å². The van der Waals surface area contributed by atoms with E-state index in [9.17, 15) is 10.1 Å². The summed E-state index contributed by atoms with van der Waals surface area (Å²) >= 11 is 0. The summed E-state index contributed by atoms with van der Waals surface area (Å²) < 4.78 is 0. The summed E-state index contributed by atoms with van der Waals surface area (Å²) in [6.45, 7) is 8.68. The molecular weight excluding hydrogens is 308 g/mol. The van der Waals surface area contributed by atoms with Gasteiger partial charge in [-0.2, -0.15) is 9.97 Å². The molecule has 8 nitrogen and oxygen atoms in total. The SMILES string of the molecule is Cc1ccc(Nc2nc(NCC(C)C)nc(N)c2[N+](=O)[O-])cc1C. The van der Waals surface area contributed by atoms with Crippen molar-refractivity contribution in [2.45, 2.75) is 27.7 Å². The van der Waals surface area contributed by atoms with Crippen molar-refractivity contribution in [3.8, 4) is 0 Å². The van der Waals surface area contributed by atoms with Crippen molar-refractivity contribution in [1.82, 2.24) is 9.97 Å². The topological polar surface area (TPSA) is 119 Å². The maximum Gasteiger partial charge on any atom is 0.353 e. The van der Waals surface area contributed by atoms with E-state index in [0.29, 0.717) is 18.2 Å². The van der Waals surface area contributed by atoms with Crippen LogP contribution in [-0.4, -0.2) is 21.4 Å². The van der Waals surface area contributed by atoms with Gasteiger partial charge in [-0.3, -0.25) is 10.1 Å². The number of nitro groups is 1. The molecule has 0 saturated carbocycles. The average Bonchev–Trinajstić information content (AvgIpc) is 2.48. The van der Waals surface area contributed by atoms with Gasteiger partial charge >= 0.3 is 5.69 Å². The maximum absolute atomic E-state index is 11.3. The highest BCUT2D eigenvalue weighted by atomic mass is 16.6. The Balaban J connectivity index is 2.40. The molecule has 0 aliphatic heterocycles. The first-order valence-electron chi connectivity index (χ1n) is 7.68. The van der Waals surface area contributed by atoms with Crippen LogP contribution in [-0.2, 0) is 0 Å². The molecule has 24 heavy (non-hydrogen) atoms. The van der Waals surface area contributed by atoms with Crippen LogP contribution in [0.1, 0.15) is 25.0 Å². The van der Waals surface area contributed by atoms with Gasteiger partial charge < -0.3 is 16.4 Å². The summed E-state index contributed by atoms with van der Waals surface area (Å²) in [5.74, 6) is 0.536. The quantitative estimate of drug-likeness (QED) is 0.548. The van der Waals surface area contributed by atoms with Gasteiger partial charge in [-0.05, 0) is 43.0 Å². The van der Waals surface area contributed by atoms with Gasteiger partial charge in [0.2, 0.25) is 17.6 Å². The molecule has 2 aromatic rings. The number of nitrogens with two attached hydrogens (primary N) is 1. The zero-order valence-corrected chi connectivity index (χ0v) is 14.3. The van der Waals surface area contributed by atoms with Crippen molar-refractivity contribution in [1.29, 1.82) is 0 Å². The summed E-state index contributed by atoms with van der Waals surface area (Å²) in [5, 5.41) is 17.3. The molecule has 4 N–H and O–H groups in total. The van der Waals surface area contributed by atoms with Gasteiger partial charge in [0.15, 0.2) is 0 Å². The number of hydrogen-bond donors (Lipinski definition) is 3. The number of aryl methyl sites for hydroxylation is 2. The highest BCUT2D eigenvalue weighted by Crippen LogP contribution is 2.31. The molecule has 0 aliphatic carbocycles. The molecule has 1 aromatic carbocycles. The highest BCUT2D eigenvalue weighted by molar-refractivity contribution is 5.74. The smallest absolute Gasteiger partial charge is 0.353 e. The fourth-order valence-corrected chi connectivity index (χ4v) is 2.07. The summed E-state index contributed by atoms with van der Waals surface area (Å²) in [6.07, 6.45) is 0. The Kier molecular flexibility index (Phi) is 5.18. The van der Waals surface area contributed by atoms with Crippen LogP contribution in [0.5, 0.6) is 0 Å². The van der Waals surface area contributed by atoms with Gasteiger partial charge in [0.05, 0.1) is 4.92 Å². The van der Waals surface area contributed by atoms with E-state index in [-0.39, 0.29) is 23.3 Å². The first-order chi connectivity index (χ1) is 11.3. The fraction of sp³-hybridized carbons (Fsp3) is 0.375. The number of nitrogens with zero attached hydrogens (tertiary/aromatic N) is 3. The molecule has 0 amide bonds. The lowest BCUT2D eigenvalue weighted by Crippen LogP contribution is -2.14. The Morgan fingerprint density at radius 3 is 2.54 bits per heavy atom. The molecule has 8 heteroatoms. The van der Waals surface area contributed by atoms with E-state index in [0.717, 1.165) is 11.1 Å². The number of aromatic nitrogens is 2. The molecule has 1 heterocycles. The summed E-state index contributed by atoms with van der Waals surface area (Å²) in [6, 6.07) is 5.68. The number of nitrogen functional groups attached to an aromatic ring is 1. The first kappa shape index (κ1) is 17.5. The maximum atomic E-state index is 11.3. The minimum Gasteiger partial charge on any atom is -0.378 e. The van der Waals surface area contributed by atoms with Crippen LogP contribution in [0.25, 0.3) is 0 Å². The molecule has 128 valence electrons. The summed E-state index contributed by atoms with van der Waals surface area (Å²) in [5.41, 5.74) is 8.34. The summed E-state index contributed by atoms with van der Waals surface area (Å²) in [7, 11) is 0. The Bertz CT molecular complexity index is 760. The van der Waals surface area contributed by atoms with Gasteiger partial charge in [0.1, 0.15) is 0 Å². The minimum atomic E-state index is -0.578. The lowest BCUT2D eigenvalue weighted by atomic mass is 10.1. The molecule has 0 spiro atoms. The van der Waals surface area contributed by atoms with E-state index in [4.69, 9.17) is 5.73 Å². The second kappa shape index (κ2) is 7.12. The third kappa shape index (κ3) is 4.09. The fourth-order valence-electron chi connectivity index (χ4n) is 2.07. The molecule has 0 saturated heterocycles. The van der Waals surface area contributed by atoms with Crippen molar-refractivity contribution in [2.24, 2.45) is 5.92 Å². The van der Waals surface area contributed by atoms with Crippen LogP contribution in [0.15, 0.2) is 18.2 Å². The van der Waals surface area contributed by atoms with Crippen LogP contribution >= 0.6 is 0 Å². The van der Waals surface area contributed by atoms with E-state index >= 15 is 0 Å². The summed E-state index contributed by atoms with van der Waals surface area (Å²) in [4.78, 5) is 18.9. The van der Waals surface area contributed by atoms with Crippen LogP contribution < -0.4 is 16.4 Å². The largest absolute Gasteiger partial charge is 0.378 e. The van der Waals surface area contributed by atoms with Gasteiger partial charge in [0, 0.05) is 12.2 Å². The van der Waals surface area contributed by atoms with Gasteiger partial charge in [-0.1, -0.05) is 19.9 Å². The first-order valence-corrected chi connectivity index (χ1v) is 7.68. The second-order valence-electron chi connectivity index (χ2n) is 6.09. The van der Waals surface area contributed by atoms with Crippen LogP contribution in [0.2, 0.25) is 0 Å². The van der Waals surface area contributed by atoms with Crippen molar-refractivity contribution < 1.29 is 4.92 Å². The van der Waals surface area contributed by atoms with Crippen molar-refractivity contribution in [2.75, 3.05) is 22.9 Å². The number of anilines is 4. The Morgan fingerprint density at radius 1 is 1.25 bits per heavy atom. The lowest BCUT2D eigenvalue weighted by Gasteiger charge is -2.12. The molecule has 1 aromatic heterocycles. The van der Waals surface area contributed by atoms with E-state index in [1.54, 1.807) is 0 Å². The third-order valence-corrected chi connectivity index (χ3v) is 3.53. The standard InChI is InChI=1S/C16H22N6O2/c1-9(2)8-18-16-20-14(17)13(22(23)24)15(21-16)19-12-6-5-10(3)11(4)7-12/h5-7,9H,8H2,1-4H3,(H4,17,18,19,20,21). The highest BCUT2D eigenvalue weighted by Gasteiger charge is 2.23. The van der Waals surface area contributed by atoms with E-state index in [1.807, 2.05) is 45.9 Å². The zero-order valence-electron chi connectivity index (χ0n) is 14.3. The van der Waals surface area contributed by atoms with Crippen molar-refractivity contribution in [3.63, 3.8) is 0 Å². The monoisotopic (exact) mass is 330 g/mol. The zero-order chi connectivity index (χ0) is 17.9. The van der Waals surface area contributed by atoms with Crippen LogP contribution in [0, 0.1) is 29.9 Å². The Hall–Kier alpha value is -2.90. The van der Waals surface area contributed by atoms with Crippen molar-refractivity contribution in [3.05, 3.63) is 39.4 Å². The molecule has 0 fully saturated rings. The minimum absolute atomic E-state index is 0.0713.